The molecule has 2 heterocycles. The normalized spacial score (nSPS) is 16.4. The molecule has 0 aliphatic carbocycles. The van der Waals surface area contributed by atoms with Crippen molar-refractivity contribution in [2.75, 3.05) is 13.1 Å². The number of benzene rings is 1. The van der Waals surface area contributed by atoms with E-state index in [0.29, 0.717) is 23.2 Å². The molecule has 1 amide bonds. The average molecular weight is 405 g/mol. The van der Waals surface area contributed by atoms with Gasteiger partial charge in [-0.2, -0.15) is 0 Å². The fourth-order valence-electron chi connectivity index (χ4n) is 2.93. The molecule has 0 bridgehead atoms. The SMILES string of the molecule is C=CCCC1(N)CN(C(=O)c2sc3cc(OC(F)(F)F)ccc3c2Cl)C1. The van der Waals surface area contributed by atoms with Crippen molar-refractivity contribution < 1.29 is 22.7 Å². The van der Waals surface area contributed by atoms with Gasteiger partial charge in [-0.1, -0.05) is 17.7 Å². The highest BCUT2D eigenvalue weighted by Crippen LogP contribution is 2.39. The summed E-state index contributed by atoms with van der Waals surface area (Å²) in [4.78, 5) is 14.5. The van der Waals surface area contributed by atoms with Crippen LogP contribution >= 0.6 is 22.9 Å². The lowest BCUT2D eigenvalue weighted by Gasteiger charge is -2.47. The number of carbonyl (C=O) groups is 1. The van der Waals surface area contributed by atoms with Crippen LogP contribution in [0.15, 0.2) is 30.9 Å². The monoisotopic (exact) mass is 404 g/mol. The van der Waals surface area contributed by atoms with Crippen molar-refractivity contribution in [3.8, 4) is 5.75 Å². The Morgan fingerprint density at radius 1 is 1.46 bits per heavy atom. The van der Waals surface area contributed by atoms with Gasteiger partial charge in [0, 0.05) is 23.2 Å². The molecule has 1 saturated heterocycles. The second-order valence-corrected chi connectivity index (χ2v) is 7.73. The molecule has 0 unspecified atom stereocenters. The summed E-state index contributed by atoms with van der Waals surface area (Å²) in [6.07, 6.45) is -1.49. The van der Waals surface area contributed by atoms with E-state index in [1.54, 1.807) is 11.0 Å². The molecule has 1 aromatic heterocycles. The van der Waals surface area contributed by atoms with E-state index < -0.39 is 11.9 Å². The number of carbonyl (C=O) groups excluding carboxylic acids is 1. The lowest BCUT2D eigenvalue weighted by molar-refractivity contribution is -0.274. The Balaban J connectivity index is 1.79. The predicted octanol–water partition coefficient (Wildman–Crippen LogP) is 4.57. The van der Waals surface area contributed by atoms with Gasteiger partial charge in [0.1, 0.15) is 10.6 Å². The smallest absolute Gasteiger partial charge is 0.406 e. The third-order valence-corrected chi connectivity index (χ3v) is 5.82. The van der Waals surface area contributed by atoms with E-state index in [0.717, 1.165) is 24.2 Å². The van der Waals surface area contributed by atoms with E-state index in [4.69, 9.17) is 17.3 Å². The number of amides is 1. The highest BCUT2D eigenvalue weighted by Gasteiger charge is 2.42. The first-order chi connectivity index (χ1) is 12.1. The van der Waals surface area contributed by atoms with Crippen LogP contribution in [0, 0.1) is 0 Å². The highest BCUT2D eigenvalue weighted by molar-refractivity contribution is 7.21. The number of ether oxygens (including phenoxy) is 1. The highest BCUT2D eigenvalue weighted by atomic mass is 35.5. The number of nitrogens with two attached hydrogens (primary N) is 1. The molecular formula is C17H16ClF3N2O2S. The minimum atomic E-state index is -4.78. The van der Waals surface area contributed by atoms with Crippen LogP contribution in [-0.4, -0.2) is 35.8 Å². The zero-order valence-electron chi connectivity index (χ0n) is 13.6. The van der Waals surface area contributed by atoms with Crippen LogP contribution in [0.3, 0.4) is 0 Å². The lowest BCUT2D eigenvalue weighted by atomic mass is 9.86. The fourth-order valence-corrected chi connectivity index (χ4v) is 4.44. The van der Waals surface area contributed by atoms with Crippen molar-refractivity contribution in [2.24, 2.45) is 5.73 Å². The summed E-state index contributed by atoms with van der Waals surface area (Å²) in [7, 11) is 0. The van der Waals surface area contributed by atoms with E-state index in [9.17, 15) is 18.0 Å². The second kappa shape index (κ2) is 6.75. The van der Waals surface area contributed by atoms with E-state index in [2.05, 4.69) is 11.3 Å². The Kier molecular flexibility index (Phi) is 4.94. The summed E-state index contributed by atoms with van der Waals surface area (Å²) in [6, 6.07) is 3.81. The van der Waals surface area contributed by atoms with Gasteiger partial charge in [0.2, 0.25) is 0 Å². The minimum absolute atomic E-state index is 0.231. The Morgan fingerprint density at radius 3 is 2.77 bits per heavy atom. The van der Waals surface area contributed by atoms with Gasteiger partial charge in [0.05, 0.1) is 10.6 Å². The van der Waals surface area contributed by atoms with Gasteiger partial charge >= 0.3 is 6.36 Å². The number of likely N-dealkylation sites (tertiary alicyclic amines) is 1. The van der Waals surface area contributed by atoms with E-state index >= 15 is 0 Å². The quantitative estimate of drug-likeness (QED) is 0.742. The molecule has 9 heteroatoms. The van der Waals surface area contributed by atoms with E-state index in [1.165, 1.54) is 18.2 Å². The second-order valence-electron chi connectivity index (χ2n) is 6.30. The zero-order valence-corrected chi connectivity index (χ0v) is 15.2. The maximum atomic E-state index is 12.7. The molecule has 0 radical (unpaired) electrons. The molecule has 1 aliphatic heterocycles. The molecule has 0 spiro atoms. The molecule has 1 aliphatic rings. The first-order valence-electron chi connectivity index (χ1n) is 7.79. The van der Waals surface area contributed by atoms with Gasteiger partial charge in [-0.15, -0.1) is 31.1 Å². The summed E-state index contributed by atoms with van der Waals surface area (Å²) in [5.41, 5.74) is 5.76. The summed E-state index contributed by atoms with van der Waals surface area (Å²) in [6.45, 7) is 4.48. The first kappa shape index (κ1) is 19.0. The van der Waals surface area contributed by atoms with Crippen molar-refractivity contribution in [3.05, 3.63) is 40.8 Å². The number of halogens is 4. The molecule has 140 valence electrons. The Morgan fingerprint density at radius 2 is 2.15 bits per heavy atom. The molecule has 26 heavy (non-hydrogen) atoms. The maximum Gasteiger partial charge on any atom is 0.573 e. The number of hydrogen-bond acceptors (Lipinski definition) is 4. The fraction of sp³-hybridized carbons (Fsp3) is 0.353. The third kappa shape index (κ3) is 3.82. The van der Waals surface area contributed by atoms with Crippen LogP contribution in [0.4, 0.5) is 13.2 Å². The van der Waals surface area contributed by atoms with Crippen molar-refractivity contribution >= 4 is 38.9 Å². The molecule has 2 N–H and O–H groups in total. The average Bonchev–Trinajstić information content (AvgIpc) is 2.84. The van der Waals surface area contributed by atoms with Crippen molar-refractivity contribution in [2.45, 2.75) is 24.7 Å². The minimum Gasteiger partial charge on any atom is -0.406 e. The predicted molar refractivity (Wildman–Crippen MR) is 95.8 cm³/mol. The summed E-state index contributed by atoms with van der Waals surface area (Å²) in [5.74, 6) is -0.620. The topological polar surface area (TPSA) is 55.6 Å². The van der Waals surface area contributed by atoms with Crippen LogP contribution in [0.1, 0.15) is 22.5 Å². The van der Waals surface area contributed by atoms with Gasteiger partial charge in [0.25, 0.3) is 5.91 Å². The third-order valence-electron chi connectivity index (χ3n) is 4.17. The molecule has 3 rings (SSSR count). The number of thiophene rings is 1. The van der Waals surface area contributed by atoms with Crippen molar-refractivity contribution in [1.82, 2.24) is 4.90 Å². The van der Waals surface area contributed by atoms with Gasteiger partial charge in [0.15, 0.2) is 0 Å². The maximum absolute atomic E-state index is 12.7. The van der Waals surface area contributed by atoms with Gasteiger partial charge < -0.3 is 15.4 Å². The lowest BCUT2D eigenvalue weighted by Crippen LogP contribution is -2.68. The molecule has 4 nitrogen and oxygen atoms in total. The molecular weight excluding hydrogens is 389 g/mol. The standard InChI is InChI=1S/C17H16ClF3N2O2S/c1-2-3-6-16(22)8-23(9-16)15(24)14-13(18)11-5-4-10(7-12(11)26-14)25-17(19,20)21/h2,4-5,7H,1,3,6,8-9,22H2. The van der Waals surface area contributed by atoms with Crippen LogP contribution < -0.4 is 10.5 Å². The number of rotatable bonds is 5. The van der Waals surface area contributed by atoms with Crippen LogP contribution in [0.2, 0.25) is 5.02 Å². The number of hydrogen-bond donors (Lipinski definition) is 1. The largest absolute Gasteiger partial charge is 0.573 e. The number of fused-ring (bicyclic) bond motifs is 1. The van der Waals surface area contributed by atoms with E-state index in [1.807, 2.05) is 0 Å². The summed E-state index contributed by atoms with van der Waals surface area (Å²) < 4.78 is 41.4. The molecule has 1 fully saturated rings. The Bertz CT molecular complexity index is 860. The molecule has 1 aromatic carbocycles. The molecule has 2 aromatic rings. The molecule has 0 saturated carbocycles. The van der Waals surface area contributed by atoms with Crippen LogP contribution in [0.5, 0.6) is 5.75 Å². The van der Waals surface area contributed by atoms with Crippen molar-refractivity contribution in [3.63, 3.8) is 0 Å². The Hall–Kier alpha value is -1.77. The first-order valence-corrected chi connectivity index (χ1v) is 8.98. The van der Waals surface area contributed by atoms with E-state index in [-0.39, 0.29) is 21.6 Å². The van der Waals surface area contributed by atoms with Gasteiger partial charge in [-0.25, -0.2) is 0 Å². The van der Waals surface area contributed by atoms with Gasteiger partial charge in [-0.05, 0) is 31.0 Å². The number of nitrogens with zero attached hydrogens (tertiary/aromatic N) is 1. The van der Waals surface area contributed by atoms with Crippen molar-refractivity contribution in [1.29, 1.82) is 0 Å². The van der Waals surface area contributed by atoms with Crippen LogP contribution in [-0.2, 0) is 0 Å². The summed E-state index contributed by atoms with van der Waals surface area (Å²) in [5, 5.41) is 0.745. The van der Waals surface area contributed by atoms with Crippen LogP contribution in [0.25, 0.3) is 10.1 Å². The Labute approximate surface area is 157 Å². The number of allylic oxidation sites excluding steroid dienone is 1. The number of alkyl halides is 3. The van der Waals surface area contributed by atoms with Gasteiger partial charge in [-0.3, -0.25) is 4.79 Å². The zero-order chi connectivity index (χ0) is 19.1. The molecule has 0 atom stereocenters. The summed E-state index contributed by atoms with van der Waals surface area (Å²) >= 11 is 7.31.